The summed E-state index contributed by atoms with van der Waals surface area (Å²) in [6, 6.07) is 8.39. The van der Waals surface area contributed by atoms with Crippen molar-refractivity contribution in [1.82, 2.24) is 14.8 Å². The molecule has 0 aliphatic rings. The Balaban J connectivity index is 1.97. The maximum absolute atomic E-state index is 12.6. The summed E-state index contributed by atoms with van der Waals surface area (Å²) >= 11 is 0. The van der Waals surface area contributed by atoms with Crippen LogP contribution in [0.15, 0.2) is 41.4 Å². The molecule has 0 unspecified atom stereocenters. The smallest absolute Gasteiger partial charge is 0.437 e. The van der Waals surface area contributed by atoms with Crippen molar-refractivity contribution in [3.8, 4) is 5.75 Å². The first-order chi connectivity index (χ1) is 14.7. The minimum Gasteiger partial charge on any atom is -0.487 e. The maximum atomic E-state index is 12.6. The molecule has 8 nitrogen and oxygen atoms in total. The molecule has 0 saturated carbocycles. The van der Waals surface area contributed by atoms with Crippen molar-refractivity contribution < 1.29 is 22.7 Å². The van der Waals surface area contributed by atoms with Gasteiger partial charge < -0.3 is 9.47 Å². The number of ether oxygens (including phenoxy) is 2. The average molecular weight is 460 g/mol. The van der Waals surface area contributed by atoms with Gasteiger partial charge in [0.05, 0.1) is 4.90 Å². The molecule has 1 aromatic carbocycles. The zero-order valence-corrected chi connectivity index (χ0v) is 20.3. The van der Waals surface area contributed by atoms with Crippen LogP contribution >= 0.6 is 0 Å². The Morgan fingerprint density at radius 2 is 1.78 bits per heavy atom. The molecule has 172 valence electrons. The van der Waals surface area contributed by atoms with E-state index in [1.165, 1.54) is 12.3 Å². The standard InChI is InChI=1S/C23H29N3O5S/c1-22(2,3)17-13-15(32(7,28)29)10-11-19(17)30-14-18-16-9-8-12-24-20(16)26(25-18)21(27)31-23(4,5)6/h8-13H,14H2,1-7H3. The van der Waals surface area contributed by atoms with Crippen molar-refractivity contribution in [1.29, 1.82) is 0 Å². The second-order valence-electron chi connectivity index (χ2n) is 9.68. The topological polar surface area (TPSA) is 100 Å². The van der Waals surface area contributed by atoms with E-state index < -0.39 is 21.5 Å². The lowest BCUT2D eigenvalue weighted by Gasteiger charge is -2.23. The fourth-order valence-corrected chi connectivity index (χ4v) is 3.80. The SMILES string of the molecule is CC(C)(C)OC(=O)n1nc(COc2ccc(S(C)(=O)=O)cc2C(C)(C)C)c2cccnc21. The largest absolute Gasteiger partial charge is 0.487 e. The van der Waals surface area contributed by atoms with Gasteiger partial charge in [-0.3, -0.25) is 0 Å². The van der Waals surface area contributed by atoms with Crippen molar-refractivity contribution in [2.45, 2.75) is 64.1 Å². The van der Waals surface area contributed by atoms with Crippen molar-refractivity contribution in [3.05, 3.63) is 47.8 Å². The molecule has 0 atom stereocenters. The second-order valence-corrected chi connectivity index (χ2v) is 11.7. The minimum atomic E-state index is -3.35. The van der Waals surface area contributed by atoms with E-state index in [4.69, 9.17) is 9.47 Å². The Morgan fingerprint density at radius 3 is 2.38 bits per heavy atom. The maximum Gasteiger partial charge on any atom is 0.437 e. The van der Waals surface area contributed by atoms with Crippen LogP contribution in [0.2, 0.25) is 0 Å². The molecule has 0 bridgehead atoms. The van der Waals surface area contributed by atoms with Gasteiger partial charge in [0.15, 0.2) is 15.5 Å². The first-order valence-electron chi connectivity index (χ1n) is 10.2. The Morgan fingerprint density at radius 1 is 1.09 bits per heavy atom. The number of nitrogens with zero attached hydrogens (tertiary/aromatic N) is 3. The highest BCUT2D eigenvalue weighted by Gasteiger charge is 2.25. The highest BCUT2D eigenvalue weighted by atomic mass is 32.2. The third-order valence-electron chi connectivity index (χ3n) is 4.64. The van der Waals surface area contributed by atoms with Crippen molar-refractivity contribution >= 4 is 27.0 Å². The second kappa shape index (κ2) is 8.20. The molecule has 0 amide bonds. The van der Waals surface area contributed by atoms with E-state index in [1.54, 1.807) is 45.2 Å². The lowest BCUT2D eigenvalue weighted by molar-refractivity contribution is 0.0520. The van der Waals surface area contributed by atoms with Gasteiger partial charge in [-0.1, -0.05) is 20.8 Å². The molecule has 0 aliphatic heterocycles. The van der Waals surface area contributed by atoms with Gasteiger partial charge in [-0.25, -0.2) is 18.2 Å². The highest BCUT2D eigenvalue weighted by molar-refractivity contribution is 7.90. The zero-order chi connectivity index (χ0) is 23.9. The lowest BCUT2D eigenvalue weighted by Crippen LogP contribution is -2.28. The minimum absolute atomic E-state index is 0.0687. The van der Waals surface area contributed by atoms with Gasteiger partial charge in [-0.15, -0.1) is 4.68 Å². The summed E-state index contributed by atoms with van der Waals surface area (Å²) in [5, 5.41) is 5.07. The number of benzene rings is 1. The predicted octanol–water partition coefficient (Wildman–Crippen LogP) is 4.49. The van der Waals surface area contributed by atoms with Crippen LogP contribution in [-0.2, 0) is 26.6 Å². The number of aromatic nitrogens is 3. The summed E-state index contributed by atoms with van der Waals surface area (Å²) in [4.78, 5) is 17.1. The van der Waals surface area contributed by atoms with Gasteiger partial charge in [0.25, 0.3) is 0 Å². The van der Waals surface area contributed by atoms with Crippen LogP contribution in [-0.4, -0.2) is 41.1 Å². The molecular weight excluding hydrogens is 430 g/mol. The quantitative estimate of drug-likeness (QED) is 0.566. The van der Waals surface area contributed by atoms with Crippen LogP contribution < -0.4 is 4.74 Å². The van der Waals surface area contributed by atoms with Gasteiger partial charge in [0.2, 0.25) is 0 Å². The van der Waals surface area contributed by atoms with Crippen molar-refractivity contribution in [2.75, 3.05) is 6.26 Å². The molecule has 3 aromatic rings. The van der Waals surface area contributed by atoms with Gasteiger partial charge >= 0.3 is 6.09 Å². The summed E-state index contributed by atoms with van der Waals surface area (Å²) < 4.78 is 36.7. The Bertz CT molecular complexity index is 1270. The summed E-state index contributed by atoms with van der Waals surface area (Å²) in [7, 11) is -3.35. The molecule has 0 N–H and O–H groups in total. The average Bonchev–Trinajstić information content (AvgIpc) is 3.02. The van der Waals surface area contributed by atoms with E-state index in [9.17, 15) is 13.2 Å². The monoisotopic (exact) mass is 459 g/mol. The van der Waals surface area contributed by atoms with Gasteiger partial charge in [0, 0.05) is 23.4 Å². The van der Waals surface area contributed by atoms with Gasteiger partial charge in [-0.2, -0.15) is 5.10 Å². The fraction of sp³-hybridized carbons (Fsp3) is 0.435. The summed E-state index contributed by atoms with van der Waals surface area (Å²) in [5.74, 6) is 0.550. The van der Waals surface area contributed by atoms with Crippen LogP contribution in [0.4, 0.5) is 4.79 Å². The fourth-order valence-electron chi connectivity index (χ4n) is 3.15. The van der Waals surface area contributed by atoms with Crippen molar-refractivity contribution in [2.24, 2.45) is 0 Å². The number of sulfone groups is 1. The van der Waals surface area contributed by atoms with Crippen LogP contribution in [0.1, 0.15) is 52.8 Å². The normalized spacial score (nSPS) is 12.7. The first-order valence-corrected chi connectivity index (χ1v) is 12.1. The third kappa shape index (κ3) is 5.27. The summed E-state index contributed by atoms with van der Waals surface area (Å²) in [6.45, 7) is 11.4. The molecule has 0 fully saturated rings. The van der Waals surface area contributed by atoms with Crippen LogP contribution in [0.3, 0.4) is 0 Å². The Kier molecular flexibility index (Phi) is 6.08. The van der Waals surface area contributed by atoms with Crippen molar-refractivity contribution in [3.63, 3.8) is 0 Å². The molecule has 32 heavy (non-hydrogen) atoms. The van der Waals surface area contributed by atoms with E-state index >= 15 is 0 Å². The van der Waals surface area contributed by atoms with Gasteiger partial charge in [-0.05, 0) is 56.5 Å². The molecule has 0 radical (unpaired) electrons. The number of rotatable bonds is 4. The molecular formula is C23H29N3O5S. The number of fused-ring (bicyclic) bond motifs is 1. The van der Waals surface area contributed by atoms with Crippen LogP contribution in [0.25, 0.3) is 11.0 Å². The van der Waals surface area contributed by atoms with E-state index in [2.05, 4.69) is 10.1 Å². The number of hydrogen-bond acceptors (Lipinski definition) is 7. The summed E-state index contributed by atoms with van der Waals surface area (Å²) in [6.07, 6.45) is 2.13. The summed E-state index contributed by atoms with van der Waals surface area (Å²) in [5.41, 5.74) is 0.628. The highest BCUT2D eigenvalue weighted by Crippen LogP contribution is 2.34. The zero-order valence-electron chi connectivity index (χ0n) is 19.5. The molecule has 0 aliphatic carbocycles. The molecule has 3 rings (SSSR count). The molecule has 2 heterocycles. The number of carbonyl (C=O) groups excluding carboxylic acids is 1. The van der Waals surface area contributed by atoms with E-state index in [0.29, 0.717) is 22.5 Å². The van der Waals surface area contributed by atoms with E-state index in [0.717, 1.165) is 10.2 Å². The number of carbonyl (C=O) groups is 1. The Labute approximate surface area is 188 Å². The molecule has 9 heteroatoms. The van der Waals surface area contributed by atoms with E-state index in [-0.39, 0.29) is 16.9 Å². The number of pyridine rings is 1. The van der Waals surface area contributed by atoms with Crippen LogP contribution in [0, 0.1) is 0 Å². The third-order valence-corrected chi connectivity index (χ3v) is 5.75. The van der Waals surface area contributed by atoms with Gasteiger partial charge in [0.1, 0.15) is 23.7 Å². The van der Waals surface area contributed by atoms with Crippen LogP contribution in [0.5, 0.6) is 5.75 Å². The lowest BCUT2D eigenvalue weighted by atomic mass is 9.86. The number of hydrogen-bond donors (Lipinski definition) is 0. The first kappa shape index (κ1) is 23.7. The molecule has 0 saturated heterocycles. The van der Waals surface area contributed by atoms with E-state index in [1.807, 2.05) is 26.8 Å². The predicted molar refractivity (Wildman–Crippen MR) is 122 cm³/mol. The molecule has 0 spiro atoms. The molecule has 2 aromatic heterocycles. The Hall–Kier alpha value is -2.94.